The van der Waals surface area contributed by atoms with Gasteiger partial charge in [-0.05, 0) is 88.1 Å². The van der Waals surface area contributed by atoms with Crippen molar-refractivity contribution in [2.45, 2.75) is 0 Å². The summed E-state index contributed by atoms with van der Waals surface area (Å²) in [5.41, 5.74) is 12.0. The van der Waals surface area contributed by atoms with Crippen LogP contribution in [-0.4, -0.2) is 4.57 Å². The predicted octanol–water partition coefficient (Wildman–Crippen LogP) is 12.9. The van der Waals surface area contributed by atoms with Crippen LogP contribution in [0.15, 0.2) is 180 Å². The van der Waals surface area contributed by atoms with Gasteiger partial charge < -0.3 is 14.3 Å². The lowest BCUT2D eigenvalue weighted by Gasteiger charge is -2.15. The maximum absolute atomic E-state index is 6.59. The van der Waals surface area contributed by atoms with Crippen LogP contribution < -0.4 is 5.32 Å². The minimum absolute atomic E-state index is 0.904. The van der Waals surface area contributed by atoms with E-state index in [9.17, 15) is 0 Å². The highest BCUT2D eigenvalue weighted by atomic mass is 16.3. The van der Waals surface area contributed by atoms with E-state index in [1.54, 1.807) is 0 Å². The van der Waals surface area contributed by atoms with Crippen LogP contribution in [-0.2, 0) is 0 Å². The van der Waals surface area contributed by atoms with Crippen molar-refractivity contribution in [3.63, 3.8) is 0 Å². The topological polar surface area (TPSA) is 30.1 Å². The number of rotatable bonds is 5. The molecular formula is C46H30N2O. The first-order valence-electron chi connectivity index (χ1n) is 16.7. The van der Waals surface area contributed by atoms with Crippen LogP contribution in [0, 0.1) is 0 Å². The van der Waals surface area contributed by atoms with E-state index in [0.29, 0.717) is 0 Å². The Bertz CT molecular complexity index is 2840. The molecule has 1 N–H and O–H groups in total. The van der Waals surface area contributed by atoms with Crippen molar-refractivity contribution < 1.29 is 4.42 Å². The molecule has 3 heteroatoms. The van der Waals surface area contributed by atoms with E-state index in [0.717, 1.165) is 61.2 Å². The molecule has 3 nitrogen and oxygen atoms in total. The van der Waals surface area contributed by atoms with E-state index in [2.05, 4.69) is 180 Å². The Kier molecular flexibility index (Phi) is 6.18. The van der Waals surface area contributed by atoms with Gasteiger partial charge in [0.2, 0.25) is 0 Å². The predicted molar refractivity (Wildman–Crippen MR) is 206 cm³/mol. The van der Waals surface area contributed by atoms with E-state index < -0.39 is 0 Å². The van der Waals surface area contributed by atoms with Crippen LogP contribution in [0.3, 0.4) is 0 Å². The zero-order chi connectivity index (χ0) is 32.3. The normalized spacial score (nSPS) is 11.7. The van der Waals surface area contributed by atoms with E-state index in [-0.39, 0.29) is 0 Å². The van der Waals surface area contributed by atoms with Crippen LogP contribution in [0.1, 0.15) is 0 Å². The van der Waals surface area contributed by atoms with Crippen molar-refractivity contribution in [3.05, 3.63) is 176 Å². The summed E-state index contributed by atoms with van der Waals surface area (Å²) in [5.74, 6) is 0. The fourth-order valence-electron chi connectivity index (χ4n) is 7.42. The summed E-state index contributed by atoms with van der Waals surface area (Å²) in [6, 6.07) is 62.6. The Hall–Kier alpha value is -6.58. The van der Waals surface area contributed by atoms with E-state index in [1.807, 2.05) is 6.07 Å². The molecule has 0 aliphatic rings. The average molecular weight is 627 g/mol. The summed E-state index contributed by atoms with van der Waals surface area (Å²) >= 11 is 0. The maximum Gasteiger partial charge on any atom is 0.160 e. The van der Waals surface area contributed by atoms with E-state index in [4.69, 9.17) is 4.42 Å². The molecule has 8 aromatic carbocycles. The number of nitrogens with zero attached hydrogens (tertiary/aromatic N) is 1. The smallest absolute Gasteiger partial charge is 0.160 e. The van der Waals surface area contributed by atoms with Crippen LogP contribution in [0.2, 0.25) is 0 Å². The molecule has 2 aromatic heterocycles. The number of hydrogen-bond acceptors (Lipinski definition) is 2. The lowest BCUT2D eigenvalue weighted by Crippen LogP contribution is -1.95. The van der Waals surface area contributed by atoms with Gasteiger partial charge in [-0.25, -0.2) is 0 Å². The lowest BCUT2D eigenvalue weighted by molar-refractivity contribution is 0.671. The fourth-order valence-corrected chi connectivity index (χ4v) is 7.42. The molecule has 0 aliphatic heterocycles. The standard InChI is InChI=1S/C46H30N2O/c1-3-12-31(13-4-1)40-28-33(20-25-42(40)47-35-22-19-30-11-7-8-14-32(30)27-35)34-21-26-43-41(29-34)38-23-24-39-37-17-9-10-18-44(37)49-46(39)45(38)48(43)36-15-5-2-6-16-36/h1-29,47H. The molecule has 0 spiro atoms. The first-order valence-corrected chi connectivity index (χ1v) is 16.7. The lowest BCUT2D eigenvalue weighted by atomic mass is 9.96. The molecule has 0 aliphatic carbocycles. The maximum atomic E-state index is 6.59. The van der Waals surface area contributed by atoms with Gasteiger partial charge in [0, 0.05) is 44.2 Å². The molecule has 0 fully saturated rings. The summed E-state index contributed by atoms with van der Waals surface area (Å²) < 4.78 is 8.95. The number of fused-ring (bicyclic) bond motifs is 8. The number of anilines is 2. The molecule has 2 heterocycles. The number of nitrogens with one attached hydrogen (secondary N) is 1. The summed E-state index contributed by atoms with van der Waals surface area (Å²) in [4.78, 5) is 0. The number of benzene rings is 8. The summed E-state index contributed by atoms with van der Waals surface area (Å²) in [6.07, 6.45) is 0. The monoisotopic (exact) mass is 626 g/mol. The minimum atomic E-state index is 0.904. The van der Waals surface area contributed by atoms with Gasteiger partial charge >= 0.3 is 0 Å². The molecule has 0 atom stereocenters. The van der Waals surface area contributed by atoms with Crippen LogP contribution >= 0.6 is 0 Å². The highest BCUT2D eigenvalue weighted by molar-refractivity contribution is 6.22. The third-order valence-corrected chi connectivity index (χ3v) is 9.75. The average Bonchev–Trinajstić information content (AvgIpc) is 3.71. The third-order valence-electron chi connectivity index (χ3n) is 9.75. The number of furan rings is 1. The Morgan fingerprint density at radius 1 is 0.449 bits per heavy atom. The third kappa shape index (κ3) is 4.51. The van der Waals surface area contributed by atoms with Gasteiger partial charge in [0.25, 0.3) is 0 Å². The summed E-state index contributed by atoms with van der Waals surface area (Å²) in [5, 5.41) is 10.8. The van der Waals surface area contributed by atoms with E-state index >= 15 is 0 Å². The highest BCUT2D eigenvalue weighted by Gasteiger charge is 2.20. The molecule has 230 valence electrons. The molecule has 0 unspecified atom stereocenters. The molecule has 10 rings (SSSR count). The number of aromatic nitrogens is 1. The Labute approximate surface area is 283 Å². The quantitative estimate of drug-likeness (QED) is 0.206. The van der Waals surface area contributed by atoms with Crippen molar-refractivity contribution in [2.24, 2.45) is 0 Å². The second-order valence-corrected chi connectivity index (χ2v) is 12.7. The summed E-state index contributed by atoms with van der Waals surface area (Å²) in [6.45, 7) is 0. The van der Waals surface area contributed by atoms with Gasteiger partial charge in [-0.1, -0.05) is 115 Å². The second-order valence-electron chi connectivity index (χ2n) is 12.7. The minimum Gasteiger partial charge on any atom is -0.454 e. The Morgan fingerprint density at radius 3 is 2.04 bits per heavy atom. The largest absolute Gasteiger partial charge is 0.454 e. The fraction of sp³-hybridized carbons (Fsp3) is 0. The first kappa shape index (κ1) is 27.5. The molecule has 49 heavy (non-hydrogen) atoms. The van der Waals surface area contributed by atoms with Crippen LogP contribution in [0.25, 0.3) is 82.5 Å². The van der Waals surface area contributed by atoms with Gasteiger partial charge in [0.15, 0.2) is 5.58 Å². The molecule has 0 saturated carbocycles. The van der Waals surface area contributed by atoms with Gasteiger partial charge in [-0.2, -0.15) is 0 Å². The SMILES string of the molecule is c1ccc(-c2cc(-c3ccc4c(c3)c3ccc5c6ccccc6oc5c3n4-c3ccccc3)ccc2Nc2ccc3ccccc3c2)cc1. The van der Waals surface area contributed by atoms with Gasteiger partial charge in [-0.15, -0.1) is 0 Å². The molecule has 10 aromatic rings. The van der Waals surface area contributed by atoms with Crippen molar-refractivity contribution >= 4 is 65.9 Å². The second kappa shape index (κ2) is 11.0. The Balaban J connectivity index is 1.16. The zero-order valence-corrected chi connectivity index (χ0v) is 26.6. The molecule has 0 radical (unpaired) electrons. The Morgan fingerprint density at radius 2 is 1.16 bits per heavy atom. The number of hydrogen-bond donors (Lipinski definition) is 1. The van der Waals surface area contributed by atoms with Gasteiger partial charge in [0.05, 0.1) is 11.0 Å². The molecular weight excluding hydrogens is 597 g/mol. The van der Waals surface area contributed by atoms with Crippen molar-refractivity contribution in [1.29, 1.82) is 0 Å². The van der Waals surface area contributed by atoms with Crippen molar-refractivity contribution in [2.75, 3.05) is 5.32 Å². The highest BCUT2D eigenvalue weighted by Crippen LogP contribution is 2.42. The van der Waals surface area contributed by atoms with Crippen LogP contribution in [0.5, 0.6) is 0 Å². The van der Waals surface area contributed by atoms with Gasteiger partial charge in [-0.3, -0.25) is 0 Å². The van der Waals surface area contributed by atoms with Gasteiger partial charge in [0.1, 0.15) is 5.58 Å². The zero-order valence-electron chi connectivity index (χ0n) is 26.6. The number of para-hydroxylation sites is 2. The van der Waals surface area contributed by atoms with Crippen molar-refractivity contribution in [3.8, 4) is 27.9 Å². The van der Waals surface area contributed by atoms with E-state index in [1.165, 1.54) is 32.7 Å². The summed E-state index contributed by atoms with van der Waals surface area (Å²) in [7, 11) is 0. The first-order chi connectivity index (χ1) is 24.3. The van der Waals surface area contributed by atoms with Crippen LogP contribution in [0.4, 0.5) is 11.4 Å². The molecule has 0 saturated heterocycles. The van der Waals surface area contributed by atoms with Crippen molar-refractivity contribution in [1.82, 2.24) is 4.57 Å². The molecule has 0 amide bonds. The molecule has 0 bridgehead atoms.